The minimum absolute atomic E-state index is 0.131. The smallest absolute Gasteiger partial charge is 0.191 e. The molecule has 1 unspecified atom stereocenters. The maximum atomic E-state index is 5.93. The molecule has 0 aliphatic heterocycles. The largest absolute Gasteiger partial charge is 0.374 e. The molecule has 1 aliphatic rings. The van der Waals surface area contributed by atoms with Crippen LogP contribution < -0.4 is 5.73 Å². The first kappa shape index (κ1) is 14.9. The van der Waals surface area contributed by atoms with E-state index in [0.717, 1.165) is 13.0 Å². The lowest BCUT2D eigenvalue weighted by Crippen LogP contribution is -2.35. The van der Waals surface area contributed by atoms with Crippen molar-refractivity contribution in [3.05, 3.63) is 35.9 Å². The summed E-state index contributed by atoms with van der Waals surface area (Å²) in [5.41, 5.74) is 7.14. The van der Waals surface area contributed by atoms with Gasteiger partial charge in [0, 0.05) is 26.2 Å². The summed E-state index contributed by atoms with van der Waals surface area (Å²) in [6.07, 6.45) is 3.51. The van der Waals surface area contributed by atoms with Crippen molar-refractivity contribution in [2.75, 3.05) is 20.2 Å². The molecule has 1 aromatic carbocycles. The lowest BCUT2D eigenvalue weighted by atomic mass is 10.1. The van der Waals surface area contributed by atoms with Gasteiger partial charge in [0.05, 0.1) is 6.10 Å². The topological polar surface area (TPSA) is 50.9 Å². The van der Waals surface area contributed by atoms with Crippen molar-refractivity contribution in [3.8, 4) is 0 Å². The Kier molecular flexibility index (Phi) is 5.41. The lowest BCUT2D eigenvalue weighted by Gasteiger charge is -2.17. The van der Waals surface area contributed by atoms with Gasteiger partial charge in [-0.3, -0.25) is 4.99 Å². The molecule has 0 saturated heterocycles. The van der Waals surface area contributed by atoms with Crippen LogP contribution in [0.5, 0.6) is 0 Å². The van der Waals surface area contributed by atoms with Crippen LogP contribution >= 0.6 is 0 Å². The van der Waals surface area contributed by atoms with Crippen molar-refractivity contribution in [2.24, 2.45) is 10.7 Å². The van der Waals surface area contributed by atoms with Crippen LogP contribution in [0.3, 0.4) is 0 Å². The minimum atomic E-state index is 0.131. The third-order valence-electron chi connectivity index (χ3n) is 3.67. The second-order valence-electron chi connectivity index (χ2n) is 5.36. The number of hydrogen-bond donors (Lipinski definition) is 1. The molecule has 0 amide bonds. The van der Waals surface area contributed by atoms with E-state index in [2.05, 4.69) is 28.9 Å². The third kappa shape index (κ3) is 4.53. The standard InChI is InChI=1S/C16H25N3O/c1-13(14-7-4-3-5-8-14)20-12-6-11-18-16(17)19(2)15-9-10-15/h3-5,7-8,13,15H,6,9-12H2,1-2H3,(H2,17,18). The zero-order valence-electron chi connectivity index (χ0n) is 12.5. The SMILES string of the molecule is CC(OCCCN=C(N)N(C)C1CC1)c1ccccc1. The predicted molar refractivity (Wildman–Crippen MR) is 82.7 cm³/mol. The molecule has 1 saturated carbocycles. The molecule has 1 fully saturated rings. The molecule has 1 aromatic rings. The minimum Gasteiger partial charge on any atom is -0.374 e. The molecule has 0 heterocycles. The molecule has 0 radical (unpaired) electrons. The maximum Gasteiger partial charge on any atom is 0.191 e. The number of ether oxygens (including phenoxy) is 1. The van der Waals surface area contributed by atoms with E-state index in [9.17, 15) is 0 Å². The molecule has 2 N–H and O–H groups in total. The summed E-state index contributed by atoms with van der Waals surface area (Å²) in [6, 6.07) is 10.9. The van der Waals surface area contributed by atoms with Crippen molar-refractivity contribution in [3.63, 3.8) is 0 Å². The summed E-state index contributed by atoms with van der Waals surface area (Å²) in [4.78, 5) is 6.47. The Morgan fingerprint density at radius 1 is 1.40 bits per heavy atom. The van der Waals surface area contributed by atoms with E-state index in [1.807, 2.05) is 25.2 Å². The fraction of sp³-hybridized carbons (Fsp3) is 0.562. The van der Waals surface area contributed by atoms with Crippen molar-refractivity contribution in [1.29, 1.82) is 0 Å². The van der Waals surface area contributed by atoms with Crippen LogP contribution in [0, 0.1) is 0 Å². The van der Waals surface area contributed by atoms with Gasteiger partial charge in [0.1, 0.15) is 0 Å². The van der Waals surface area contributed by atoms with Gasteiger partial charge in [0.2, 0.25) is 0 Å². The van der Waals surface area contributed by atoms with Crippen LogP contribution in [0.25, 0.3) is 0 Å². The summed E-state index contributed by atoms with van der Waals surface area (Å²) in [6.45, 7) is 3.51. The average Bonchev–Trinajstić information content (AvgIpc) is 3.31. The highest BCUT2D eigenvalue weighted by molar-refractivity contribution is 5.78. The Labute approximate surface area is 121 Å². The second-order valence-corrected chi connectivity index (χ2v) is 5.36. The third-order valence-corrected chi connectivity index (χ3v) is 3.67. The fourth-order valence-corrected chi connectivity index (χ4v) is 2.10. The molecule has 110 valence electrons. The highest BCUT2D eigenvalue weighted by Gasteiger charge is 2.27. The van der Waals surface area contributed by atoms with E-state index in [4.69, 9.17) is 10.5 Å². The van der Waals surface area contributed by atoms with E-state index < -0.39 is 0 Å². The Morgan fingerprint density at radius 2 is 2.10 bits per heavy atom. The van der Waals surface area contributed by atoms with Crippen LogP contribution in [-0.4, -0.2) is 37.1 Å². The van der Waals surface area contributed by atoms with Gasteiger partial charge in [-0.25, -0.2) is 0 Å². The molecule has 1 aliphatic carbocycles. The first-order valence-electron chi connectivity index (χ1n) is 7.38. The first-order valence-corrected chi connectivity index (χ1v) is 7.38. The quantitative estimate of drug-likeness (QED) is 0.473. The van der Waals surface area contributed by atoms with Crippen LogP contribution in [0.4, 0.5) is 0 Å². The number of benzene rings is 1. The lowest BCUT2D eigenvalue weighted by molar-refractivity contribution is 0.0652. The normalized spacial score (nSPS) is 17.0. The summed E-state index contributed by atoms with van der Waals surface area (Å²) < 4.78 is 5.81. The zero-order valence-corrected chi connectivity index (χ0v) is 12.5. The molecule has 0 spiro atoms. The monoisotopic (exact) mass is 275 g/mol. The molecule has 4 heteroatoms. The molecule has 1 atom stereocenters. The Balaban J connectivity index is 1.62. The maximum absolute atomic E-state index is 5.93. The Morgan fingerprint density at radius 3 is 2.75 bits per heavy atom. The number of nitrogens with zero attached hydrogens (tertiary/aromatic N) is 2. The molecule has 20 heavy (non-hydrogen) atoms. The predicted octanol–water partition coefficient (Wildman–Crippen LogP) is 2.56. The Hall–Kier alpha value is -1.55. The van der Waals surface area contributed by atoms with Gasteiger partial charge in [0.25, 0.3) is 0 Å². The molecular formula is C16H25N3O. The molecule has 0 bridgehead atoms. The molecular weight excluding hydrogens is 250 g/mol. The van der Waals surface area contributed by atoms with Crippen LogP contribution in [0.2, 0.25) is 0 Å². The number of guanidine groups is 1. The van der Waals surface area contributed by atoms with E-state index in [1.165, 1.54) is 18.4 Å². The zero-order chi connectivity index (χ0) is 14.4. The van der Waals surface area contributed by atoms with Crippen LogP contribution in [0.1, 0.15) is 37.9 Å². The van der Waals surface area contributed by atoms with Crippen LogP contribution in [0.15, 0.2) is 35.3 Å². The number of hydrogen-bond acceptors (Lipinski definition) is 2. The van der Waals surface area contributed by atoms with Gasteiger partial charge in [0.15, 0.2) is 5.96 Å². The summed E-state index contributed by atoms with van der Waals surface area (Å²) in [5, 5.41) is 0. The first-order chi connectivity index (χ1) is 9.68. The van der Waals surface area contributed by atoms with Gasteiger partial charge < -0.3 is 15.4 Å². The Bertz CT molecular complexity index is 429. The van der Waals surface area contributed by atoms with Crippen molar-refractivity contribution < 1.29 is 4.74 Å². The van der Waals surface area contributed by atoms with Gasteiger partial charge in [-0.15, -0.1) is 0 Å². The van der Waals surface area contributed by atoms with E-state index in [-0.39, 0.29) is 6.10 Å². The van der Waals surface area contributed by atoms with Gasteiger partial charge >= 0.3 is 0 Å². The van der Waals surface area contributed by atoms with Crippen molar-refractivity contribution in [2.45, 2.75) is 38.3 Å². The van der Waals surface area contributed by atoms with Gasteiger partial charge in [-0.2, -0.15) is 0 Å². The average molecular weight is 275 g/mol. The molecule has 2 rings (SSSR count). The molecule has 4 nitrogen and oxygen atoms in total. The highest BCUT2D eigenvalue weighted by Crippen LogP contribution is 2.24. The van der Waals surface area contributed by atoms with Crippen molar-refractivity contribution >= 4 is 5.96 Å². The number of nitrogens with two attached hydrogens (primary N) is 1. The van der Waals surface area contributed by atoms with Crippen molar-refractivity contribution in [1.82, 2.24) is 4.90 Å². The number of rotatable bonds is 7. The van der Waals surface area contributed by atoms with Gasteiger partial charge in [-0.05, 0) is 31.7 Å². The number of aliphatic imine (C=N–C) groups is 1. The highest BCUT2D eigenvalue weighted by atomic mass is 16.5. The summed E-state index contributed by atoms with van der Waals surface area (Å²) in [7, 11) is 2.02. The van der Waals surface area contributed by atoms with E-state index in [0.29, 0.717) is 18.6 Å². The van der Waals surface area contributed by atoms with E-state index >= 15 is 0 Å². The second kappa shape index (κ2) is 7.29. The van der Waals surface area contributed by atoms with Gasteiger partial charge in [-0.1, -0.05) is 30.3 Å². The van der Waals surface area contributed by atoms with E-state index in [1.54, 1.807) is 0 Å². The van der Waals surface area contributed by atoms with Crippen LogP contribution in [-0.2, 0) is 4.74 Å². The fourth-order valence-electron chi connectivity index (χ4n) is 2.10. The summed E-state index contributed by atoms with van der Waals surface area (Å²) >= 11 is 0. The molecule has 0 aromatic heterocycles. The summed E-state index contributed by atoms with van der Waals surface area (Å²) in [5.74, 6) is 0.656.